The van der Waals surface area contributed by atoms with E-state index in [0.717, 1.165) is 0 Å². The Labute approximate surface area is 146 Å². The van der Waals surface area contributed by atoms with Gasteiger partial charge in [-0.1, -0.05) is 0 Å². The number of ether oxygens (including phenoxy) is 5. The van der Waals surface area contributed by atoms with Crippen molar-refractivity contribution in [3.8, 4) is 0 Å². The fourth-order valence-electron chi connectivity index (χ4n) is 2.61. The number of hydrogen-bond acceptors (Lipinski definition) is 8. The van der Waals surface area contributed by atoms with Crippen LogP contribution in [-0.4, -0.2) is 44.9 Å². The number of nitrogens with two attached hydrogens (primary N) is 1. The van der Waals surface area contributed by atoms with E-state index >= 15 is 0 Å². The highest BCUT2D eigenvalue weighted by Crippen LogP contribution is 2.41. The fourth-order valence-corrected chi connectivity index (χ4v) is 2.61. The fraction of sp³-hybridized carbons (Fsp3) is 0.529. The number of esters is 1. The average molecular weight is 352 g/mol. The lowest BCUT2D eigenvalue weighted by atomic mass is 9.86. The zero-order chi connectivity index (χ0) is 18.4. The van der Waals surface area contributed by atoms with Gasteiger partial charge in [0.2, 0.25) is 0 Å². The molecule has 0 radical (unpaired) electrons. The van der Waals surface area contributed by atoms with Crippen molar-refractivity contribution in [1.82, 2.24) is 4.98 Å². The topological polar surface area (TPSA) is 102 Å². The van der Waals surface area contributed by atoms with Gasteiger partial charge in [-0.05, 0) is 26.0 Å². The standard InChI is InChI=1S/C17H24N2O6/c1-10(2)25-17(20)12-13(18)15(23-8-21-3)11-6-5-7-19-14(11)16(12)24-9-22-4/h5-7,10,12,16H,8-9,18H2,1-4H3. The van der Waals surface area contributed by atoms with E-state index < -0.39 is 18.0 Å². The summed E-state index contributed by atoms with van der Waals surface area (Å²) >= 11 is 0. The first-order chi connectivity index (χ1) is 12.0. The number of pyridine rings is 1. The third-order valence-corrected chi connectivity index (χ3v) is 3.55. The molecule has 2 rings (SSSR count). The Hall–Kier alpha value is -2.16. The van der Waals surface area contributed by atoms with Gasteiger partial charge in [0.15, 0.2) is 12.6 Å². The number of aromatic nitrogens is 1. The lowest BCUT2D eigenvalue weighted by Crippen LogP contribution is -2.37. The first-order valence-corrected chi connectivity index (χ1v) is 7.88. The summed E-state index contributed by atoms with van der Waals surface area (Å²) in [6.45, 7) is 3.49. The third-order valence-electron chi connectivity index (χ3n) is 3.55. The normalized spacial score (nSPS) is 19.7. The van der Waals surface area contributed by atoms with Crippen LogP contribution >= 0.6 is 0 Å². The first kappa shape index (κ1) is 19.2. The first-order valence-electron chi connectivity index (χ1n) is 7.88. The van der Waals surface area contributed by atoms with E-state index in [-0.39, 0.29) is 25.4 Å². The summed E-state index contributed by atoms with van der Waals surface area (Å²) in [5.41, 5.74) is 7.66. The Morgan fingerprint density at radius 2 is 2.00 bits per heavy atom. The second-order valence-electron chi connectivity index (χ2n) is 5.73. The lowest BCUT2D eigenvalue weighted by molar-refractivity contribution is -0.161. The molecule has 2 unspecified atom stereocenters. The monoisotopic (exact) mass is 352 g/mol. The Morgan fingerprint density at radius 1 is 1.28 bits per heavy atom. The van der Waals surface area contributed by atoms with Crippen LogP contribution in [0.5, 0.6) is 0 Å². The predicted octanol–water partition coefficient (Wildman–Crippen LogP) is 1.57. The number of rotatable bonds is 8. The third kappa shape index (κ3) is 4.28. The smallest absolute Gasteiger partial charge is 0.318 e. The van der Waals surface area contributed by atoms with Crippen molar-refractivity contribution < 1.29 is 28.5 Å². The molecule has 8 heteroatoms. The molecule has 138 valence electrons. The maximum atomic E-state index is 12.6. The zero-order valence-corrected chi connectivity index (χ0v) is 14.9. The molecule has 1 aliphatic rings. The SMILES string of the molecule is COCOC1=C(N)C(C(=O)OC(C)C)C(OCOC)c2ncccc21. The van der Waals surface area contributed by atoms with E-state index in [4.69, 9.17) is 29.4 Å². The van der Waals surface area contributed by atoms with Crippen LogP contribution in [0.3, 0.4) is 0 Å². The van der Waals surface area contributed by atoms with E-state index in [1.807, 2.05) is 0 Å². The van der Waals surface area contributed by atoms with Gasteiger partial charge in [0.25, 0.3) is 0 Å². The van der Waals surface area contributed by atoms with Gasteiger partial charge in [-0.15, -0.1) is 0 Å². The number of carbonyl (C=O) groups is 1. The second kappa shape index (κ2) is 8.80. The molecule has 0 aliphatic heterocycles. The molecule has 8 nitrogen and oxygen atoms in total. The van der Waals surface area contributed by atoms with Crippen LogP contribution < -0.4 is 5.73 Å². The molecule has 2 atom stereocenters. The predicted molar refractivity (Wildman–Crippen MR) is 88.7 cm³/mol. The summed E-state index contributed by atoms with van der Waals surface area (Å²) in [6, 6.07) is 3.55. The average Bonchev–Trinajstić information content (AvgIpc) is 2.58. The molecule has 25 heavy (non-hydrogen) atoms. The maximum absolute atomic E-state index is 12.6. The Balaban J connectivity index is 2.50. The van der Waals surface area contributed by atoms with Gasteiger partial charge in [-0.3, -0.25) is 9.78 Å². The minimum atomic E-state index is -0.896. The van der Waals surface area contributed by atoms with E-state index in [1.54, 1.807) is 32.2 Å². The molecule has 0 saturated heterocycles. The molecule has 0 fully saturated rings. The van der Waals surface area contributed by atoms with Crippen LogP contribution in [-0.2, 0) is 28.5 Å². The number of nitrogens with zero attached hydrogens (tertiary/aromatic N) is 1. The van der Waals surface area contributed by atoms with Gasteiger partial charge in [0.05, 0.1) is 17.5 Å². The van der Waals surface area contributed by atoms with Crippen molar-refractivity contribution in [2.75, 3.05) is 27.8 Å². The van der Waals surface area contributed by atoms with E-state index in [1.165, 1.54) is 14.2 Å². The minimum Gasteiger partial charge on any atom is -0.465 e. The number of fused-ring (bicyclic) bond motifs is 1. The van der Waals surface area contributed by atoms with E-state index in [0.29, 0.717) is 17.0 Å². The summed E-state index contributed by atoms with van der Waals surface area (Å²) in [5.74, 6) is -1.07. The molecule has 1 aliphatic carbocycles. The maximum Gasteiger partial charge on any atom is 0.318 e. The number of carbonyl (C=O) groups excluding carboxylic acids is 1. The molecular weight excluding hydrogens is 328 g/mol. The Morgan fingerprint density at radius 3 is 2.64 bits per heavy atom. The second-order valence-corrected chi connectivity index (χ2v) is 5.73. The molecular formula is C17H24N2O6. The highest BCUT2D eigenvalue weighted by Gasteiger charge is 2.43. The highest BCUT2D eigenvalue weighted by atomic mass is 16.7. The summed E-state index contributed by atoms with van der Waals surface area (Å²) in [4.78, 5) is 17.0. The van der Waals surface area contributed by atoms with Gasteiger partial charge in [-0.25, -0.2) is 0 Å². The highest BCUT2D eigenvalue weighted by molar-refractivity contribution is 5.83. The zero-order valence-electron chi connectivity index (χ0n) is 14.9. The van der Waals surface area contributed by atoms with Crippen LogP contribution in [0.25, 0.3) is 5.76 Å². The number of methoxy groups -OCH3 is 2. The summed E-state index contributed by atoms with van der Waals surface area (Å²) in [5, 5.41) is 0. The van der Waals surface area contributed by atoms with Crippen LogP contribution in [0.4, 0.5) is 0 Å². The van der Waals surface area contributed by atoms with Crippen LogP contribution in [0.15, 0.2) is 24.0 Å². The Bertz CT molecular complexity index is 631. The van der Waals surface area contributed by atoms with Gasteiger partial charge < -0.3 is 29.4 Å². The van der Waals surface area contributed by atoms with Gasteiger partial charge in [0.1, 0.15) is 18.8 Å². The summed E-state index contributed by atoms with van der Waals surface area (Å²) < 4.78 is 26.6. The van der Waals surface area contributed by atoms with Crippen molar-refractivity contribution in [2.45, 2.75) is 26.1 Å². The molecule has 0 bridgehead atoms. The quantitative estimate of drug-likeness (QED) is 0.556. The van der Waals surface area contributed by atoms with Crippen molar-refractivity contribution in [1.29, 1.82) is 0 Å². The van der Waals surface area contributed by atoms with E-state index in [2.05, 4.69) is 4.98 Å². The van der Waals surface area contributed by atoms with Crippen LogP contribution in [0.1, 0.15) is 31.2 Å². The molecule has 1 aromatic heterocycles. The minimum absolute atomic E-state index is 0.0140. The molecule has 0 aromatic carbocycles. The molecule has 0 saturated carbocycles. The van der Waals surface area contributed by atoms with Crippen LogP contribution in [0, 0.1) is 5.92 Å². The van der Waals surface area contributed by atoms with Gasteiger partial charge >= 0.3 is 5.97 Å². The molecule has 0 amide bonds. The van der Waals surface area contributed by atoms with Crippen LogP contribution in [0.2, 0.25) is 0 Å². The molecule has 0 spiro atoms. The van der Waals surface area contributed by atoms with E-state index in [9.17, 15) is 4.79 Å². The molecule has 2 N–H and O–H groups in total. The van der Waals surface area contributed by atoms with Crippen molar-refractivity contribution >= 4 is 11.7 Å². The number of hydrogen-bond donors (Lipinski definition) is 1. The Kier molecular flexibility index (Phi) is 6.74. The van der Waals surface area contributed by atoms with Crippen molar-refractivity contribution in [3.63, 3.8) is 0 Å². The lowest BCUT2D eigenvalue weighted by Gasteiger charge is -2.33. The molecule has 1 heterocycles. The largest absolute Gasteiger partial charge is 0.465 e. The van der Waals surface area contributed by atoms with Gasteiger partial charge in [0, 0.05) is 26.0 Å². The summed E-state index contributed by atoms with van der Waals surface area (Å²) in [7, 11) is 2.99. The van der Waals surface area contributed by atoms with Gasteiger partial charge in [-0.2, -0.15) is 0 Å². The molecule has 1 aromatic rings. The van der Waals surface area contributed by atoms with Crippen molar-refractivity contribution in [3.05, 3.63) is 35.3 Å². The van der Waals surface area contributed by atoms with Crippen molar-refractivity contribution in [2.24, 2.45) is 11.7 Å². The summed E-state index contributed by atoms with van der Waals surface area (Å²) in [6.07, 6.45) is 0.580.